The molecule has 158 valence electrons. The molecular formula is C25H29NO4. The monoisotopic (exact) mass is 407 g/mol. The van der Waals surface area contributed by atoms with Gasteiger partial charge in [0.1, 0.15) is 13.2 Å². The fraction of sp³-hybridized carbons (Fsp3) is 0.440. The average molecular weight is 408 g/mol. The minimum Gasteiger partial charge on any atom is -0.486 e. The summed E-state index contributed by atoms with van der Waals surface area (Å²) in [5.41, 5.74) is 3.00. The highest BCUT2D eigenvalue weighted by molar-refractivity contribution is 5.98. The van der Waals surface area contributed by atoms with Crippen LogP contribution in [0.5, 0.6) is 11.5 Å². The highest BCUT2D eigenvalue weighted by Crippen LogP contribution is 2.32. The van der Waals surface area contributed by atoms with E-state index >= 15 is 0 Å². The number of hydrogen-bond donors (Lipinski definition) is 0. The van der Waals surface area contributed by atoms with Crippen LogP contribution in [0.3, 0.4) is 0 Å². The maximum atomic E-state index is 12.9. The molecule has 2 aromatic rings. The van der Waals surface area contributed by atoms with Gasteiger partial charge in [-0.05, 0) is 48.1 Å². The van der Waals surface area contributed by atoms with Crippen molar-refractivity contribution in [3.05, 3.63) is 59.2 Å². The van der Waals surface area contributed by atoms with E-state index in [2.05, 4.69) is 38.1 Å². The summed E-state index contributed by atoms with van der Waals surface area (Å²) in [5.74, 6) is 1.76. The standard InChI is InChI=1S/C25H29NO4/c1-17(2)19-5-3-18(4-6-19)16-26(21-8-9-21)25(28)12-10-22(27)20-7-11-23-24(15-20)30-14-13-29-23/h3-7,11,15,17,21H,8-10,12-14,16H2,1-2H3. The number of benzene rings is 2. The Balaban J connectivity index is 1.36. The van der Waals surface area contributed by atoms with Gasteiger partial charge < -0.3 is 14.4 Å². The Kier molecular flexibility index (Phi) is 6.07. The van der Waals surface area contributed by atoms with Gasteiger partial charge in [-0.1, -0.05) is 38.1 Å². The quantitative estimate of drug-likeness (QED) is 0.594. The van der Waals surface area contributed by atoms with Crippen LogP contribution >= 0.6 is 0 Å². The second kappa shape index (κ2) is 8.90. The first-order chi connectivity index (χ1) is 14.5. The Morgan fingerprint density at radius 3 is 2.33 bits per heavy atom. The second-order valence-electron chi connectivity index (χ2n) is 8.43. The first kappa shape index (κ1) is 20.5. The zero-order valence-electron chi connectivity index (χ0n) is 17.7. The summed E-state index contributed by atoms with van der Waals surface area (Å²) in [6.07, 6.45) is 2.53. The number of ketones is 1. The van der Waals surface area contributed by atoms with Crippen molar-refractivity contribution in [2.45, 2.75) is 58.0 Å². The highest BCUT2D eigenvalue weighted by atomic mass is 16.6. The van der Waals surface area contributed by atoms with Crippen LogP contribution in [0.25, 0.3) is 0 Å². The molecule has 1 heterocycles. The van der Waals surface area contributed by atoms with Crippen molar-refractivity contribution in [2.75, 3.05) is 13.2 Å². The van der Waals surface area contributed by atoms with Crippen LogP contribution in [0, 0.1) is 0 Å². The molecule has 1 aliphatic carbocycles. The van der Waals surface area contributed by atoms with Gasteiger partial charge in [0.15, 0.2) is 17.3 Å². The molecule has 0 spiro atoms. The van der Waals surface area contributed by atoms with Crippen molar-refractivity contribution in [3.63, 3.8) is 0 Å². The topological polar surface area (TPSA) is 55.8 Å². The lowest BCUT2D eigenvalue weighted by Gasteiger charge is -2.23. The Bertz CT molecular complexity index is 915. The summed E-state index contributed by atoms with van der Waals surface area (Å²) in [6, 6.07) is 14.0. The molecule has 0 radical (unpaired) electrons. The molecule has 2 aliphatic rings. The number of rotatable bonds is 8. The van der Waals surface area contributed by atoms with E-state index < -0.39 is 0 Å². The third-order valence-electron chi connectivity index (χ3n) is 5.74. The molecule has 0 atom stereocenters. The Hall–Kier alpha value is -2.82. The van der Waals surface area contributed by atoms with Gasteiger partial charge in [0.2, 0.25) is 5.91 Å². The van der Waals surface area contributed by atoms with Crippen LogP contribution in [0.4, 0.5) is 0 Å². The Labute approximate surface area is 178 Å². The number of nitrogens with zero attached hydrogens (tertiary/aromatic N) is 1. The first-order valence-electron chi connectivity index (χ1n) is 10.8. The number of Topliss-reactive ketones (excluding diaryl/α,β-unsaturated/α-hetero) is 1. The molecule has 30 heavy (non-hydrogen) atoms. The van der Waals surface area contributed by atoms with Crippen LogP contribution in [0.1, 0.15) is 66.9 Å². The number of hydrogen-bond acceptors (Lipinski definition) is 4. The van der Waals surface area contributed by atoms with Gasteiger partial charge in [-0.15, -0.1) is 0 Å². The van der Waals surface area contributed by atoms with Crippen molar-refractivity contribution in [1.82, 2.24) is 4.90 Å². The summed E-state index contributed by atoms with van der Waals surface area (Å²) in [4.78, 5) is 27.5. The smallest absolute Gasteiger partial charge is 0.223 e. The van der Waals surface area contributed by atoms with E-state index in [-0.39, 0.29) is 24.5 Å². The van der Waals surface area contributed by atoms with E-state index in [9.17, 15) is 9.59 Å². The van der Waals surface area contributed by atoms with Crippen molar-refractivity contribution in [3.8, 4) is 11.5 Å². The SMILES string of the molecule is CC(C)c1ccc(CN(C(=O)CCC(=O)c2ccc3c(c2)OCCO3)C2CC2)cc1. The summed E-state index contributed by atoms with van der Waals surface area (Å²) in [7, 11) is 0. The maximum absolute atomic E-state index is 12.9. The van der Waals surface area contributed by atoms with E-state index in [0.29, 0.717) is 48.8 Å². The molecule has 1 fully saturated rings. The first-order valence-corrected chi connectivity index (χ1v) is 10.8. The molecule has 1 amide bonds. The highest BCUT2D eigenvalue weighted by Gasteiger charge is 2.32. The van der Waals surface area contributed by atoms with Crippen molar-refractivity contribution in [1.29, 1.82) is 0 Å². The zero-order valence-corrected chi connectivity index (χ0v) is 17.7. The average Bonchev–Trinajstić information content (AvgIpc) is 3.60. The van der Waals surface area contributed by atoms with Crippen LogP contribution < -0.4 is 9.47 Å². The van der Waals surface area contributed by atoms with E-state index in [1.165, 1.54) is 5.56 Å². The summed E-state index contributed by atoms with van der Waals surface area (Å²) >= 11 is 0. The fourth-order valence-electron chi connectivity index (χ4n) is 3.74. The zero-order chi connectivity index (χ0) is 21.1. The van der Waals surface area contributed by atoms with Crippen molar-refractivity contribution < 1.29 is 19.1 Å². The third-order valence-corrected chi connectivity index (χ3v) is 5.74. The normalized spacial score (nSPS) is 15.2. The van der Waals surface area contributed by atoms with E-state index in [0.717, 1.165) is 18.4 Å². The molecule has 1 aliphatic heterocycles. The molecule has 0 unspecified atom stereocenters. The predicted molar refractivity (Wildman–Crippen MR) is 115 cm³/mol. The number of amides is 1. The fourth-order valence-corrected chi connectivity index (χ4v) is 3.74. The van der Waals surface area contributed by atoms with Crippen molar-refractivity contribution in [2.24, 2.45) is 0 Å². The number of carbonyl (C=O) groups excluding carboxylic acids is 2. The Morgan fingerprint density at radius 1 is 0.967 bits per heavy atom. The van der Waals surface area contributed by atoms with E-state index in [1.54, 1.807) is 18.2 Å². The maximum Gasteiger partial charge on any atom is 0.223 e. The van der Waals surface area contributed by atoms with E-state index in [1.807, 2.05) is 4.90 Å². The molecule has 2 aromatic carbocycles. The van der Waals surface area contributed by atoms with Gasteiger partial charge in [-0.2, -0.15) is 0 Å². The van der Waals surface area contributed by atoms with Crippen LogP contribution in [0.2, 0.25) is 0 Å². The molecule has 0 bridgehead atoms. The van der Waals surface area contributed by atoms with Crippen LogP contribution in [-0.4, -0.2) is 35.8 Å². The van der Waals surface area contributed by atoms with Crippen molar-refractivity contribution >= 4 is 11.7 Å². The van der Waals surface area contributed by atoms with Crippen LogP contribution in [0.15, 0.2) is 42.5 Å². The number of fused-ring (bicyclic) bond motifs is 1. The van der Waals surface area contributed by atoms with Gasteiger partial charge in [0.05, 0.1) is 0 Å². The molecule has 5 nitrogen and oxygen atoms in total. The summed E-state index contributed by atoms with van der Waals surface area (Å²) in [5, 5.41) is 0. The van der Waals surface area contributed by atoms with E-state index in [4.69, 9.17) is 9.47 Å². The number of carbonyl (C=O) groups is 2. The Morgan fingerprint density at radius 2 is 1.67 bits per heavy atom. The third kappa shape index (κ3) is 4.84. The molecule has 0 N–H and O–H groups in total. The molecule has 1 saturated carbocycles. The number of ether oxygens (including phenoxy) is 2. The molecular weight excluding hydrogens is 378 g/mol. The van der Waals surface area contributed by atoms with Gasteiger partial charge in [-0.25, -0.2) is 0 Å². The molecule has 5 heteroatoms. The van der Waals surface area contributed by atoms with Gasteiger partial charge in [0.25, 0.3) is 0 Å². The largest absolute Gasteiger partial charge is 0.486 e. The lowest BCUT2D eigenvalue weighted by molar-refractivity contribution is -0.132. The minimum atomic E-state index is -0.0441. The second-order valence-corrected chi connectivity index (χ2v) is 8.43. The van der Waals surface area contributed by atoms with Gasteiger partial charge in [0, 0.05) is 31.0 Å². The van der Waals surface area contributed by atoms with Gasteiger partial charge >= 0.3 is 0 Å². The van der Waals surface area contributed by atoms with Gasteiger partial charge in [-0.3, -0.25) is 9.59 Å². The minimum absolute atomic E-state index is 0.0441. The van der Waals surface area contributed by atoms with Crippen LogP contribution in [-0.2, 0) is 11.3 Å². The molecule has 0 aromatic heterocycles. The molecule has 4 rings (SSSR count). The molecule has 0 saturated heterocycles. The lowest BCUT2D eigenvalue weighted by atomic mass is 10.0. The summed E-state index contributed by atoms with van der Waals surface area (Å²) in [6.45, 7) is 5.96. The lowest BCUT2D eigenvalue weighted by Crippen LogP contribution is -2.32. The predicted octanol–water partition coefficient (Wildman–Crippen LogP) is 4.74. The summed E-state index contributed by atoms with van der Waals surface area (Å²) < 4.78 is 11.1.